The Hall–Kier alpha value is -2.74. The van der Waals surface area contributed by atoms with Gasteiger partial charge in [-0.05, 0) is 32.3 Å². The summed E-state index contributed by atoms with van der Waals surface area (Å²) in [5, 5.41) is 8.30. The monoisotopic (exact) mass is 397 g/mol. The number of aryl methyl sites for hydroxylation is 1. The Kier molecular flexibility index (Phi) is 5.13. The molecular weight excluding hydrogens is 374 g/mol. The highest BCUT2D eigenvalue weighted by Gasteiger charge is 2.28. The van der Waals surface area contributed by atoms with Crippen LogP contribution in [0.1, 0.15) is 37.1 Å². The van der Waals surface area contributed by atoms with Crippen LogP contribution in [0.25, 0.3) is 4.96 Å². The van der Waals surface area contributed by atoms with E-state index in [4.69, 9.17) is 0 Å². The van der Waals surface area contributed by atoms with Gasteiger partial charge < -0.3 is 10.2 Å². The lowest BCUT2D eigenvalue weighted by atomic mass is 9.96. The van der Waals surface area contributed by atoms with Crippen LogP contribution in [0, 0.1) is 12.8 Å². The molecule has 1 aliphatic rings. The molecule has 2 aromatic heterocycles. The van der Waals surface area contributed by atoms with Gasteiger partial charge >= 0.3 is 0 Å². The van der Waals surface area contributed by atoms with Crippen LogP contribution in [-0.2, 0) is 4.79 Å². The Labute approximate surface area is 167 Å². The molecule has 0 unspecified atom stereocenters. The van der Waals surface area contributed by atoms with E-state index in [2.05, 4.69) is 20.3 Å². The van der Waals surface area contributed by atoms with Gasteiger partial charge in [-0.25, -0.2) is 4.98 Å². The van der Waals surface area contributed by atoms with Crippen molar-refractivity contribution < 1.29 is 4.79 Å². The fourth-order valence-corrected chi connectivity index (χ4v) is 4.55. The van der Waals surface area contributed by atoms with Crippen LogP contribution >= 0.6 is 11.3 Å². The molecule has 7 nitrogen and oxygen atoms in total. The molecule has 1 fully saturated rings. The summed E-state index contributed by atoms with van der Waals surface area (Å²) in [6.07, 6.45) is 1.77. The summed E-state index contributed by atoms with van der Waals surface area (Å²) in [5.74, 6) is -0.0355. The number of aromatic nitrogens is 3. The van der Waals surface area contributed by atoms with Crippen molar-refractivity contribution >= 4 is 27.3 Å². The summed E-state index contributed by atoms with van der Waals surface area (Å²) in [6.45, 7) is 5.23. The molecule has 0 bridgehead atoms. The van der Waals surface area contributed by atoms with Crippen LogP contribution in [0.5, 0.6) is 0 Å². The van der Waals surface area contributed by atoms with E-state index in [1.54, 1.807) is 6.92 Å². The van der Waals surface area contributed by atoms with Crippen LogP contribution in [0.2, 0.25) is 0 Å². The third-order valence-corrected chi connectivity index (χ3v) is 6.05. The molecule has 0 spiro atoms. The number of carbonyl (C=O) groups is 1. The molecule has 1 amide bonds. The highest BCUT2D eigenvalue weighted by Crippen LogP contribution is 2.27. The minimum atomic E-state index is -0.173. The van der Waals surface area contributed by atoms with Crippen molar-refractivity contribution in [2.45, 2.75) is 32.7 Å². The molecule has 1 N–H and O–H groups in total. The number of amides is 1. The fraction of sp³-hybridized carbons (Fsp3) is 0.400. The molecule has 4 rings (SSSR count). The van der Waals surface area contributed by atoms with Gasteiger partial charge in [0.1, 0.15) is 0 Å². The van der Waals surface area contributed by atoms with Crippen molar-refractivity contribution in [1.29, 1.82) is 0 Å². The molecular formula is C20H23N5O2S. The Morgan fingerprint density at radius 1 is 1.32 bits per heavy atom. The first-order valence-corrected chi connectivity index (χ1v) is 10.3. The summed E-state index contributed by atoms with van der Waals surface area (Å²) < 4.78 is 1.34. The lowest BCUT2D eigenvalue weighted by Crippen LogP contribution is -2.43. The molecule has 0 aliphatic carbocycles. The van der Waals surface area contributed by atoms with Gasteiger partial charge in [0.2, 0.25) is 16.0 Å². The summed E-state index contributed by atoms with van der Waals surface area (Å²) in [4.78, 5) is 32.0. The van der Waals surface area contributed by atoms with E-state index >= 15 is 0 Å². The zero-order valence-electron chi connectivity index (χ0n) is 16.0. The molecule has 28 heavy (non-hydrogen) atoms. The van der Waals surface area contributed by atoms with Gasteiger partial charge in [-0.15, -0.1) is 5.10 Å². The summed E-state index contributed by atoms with van der Waals surface area (Å²) in [5.41, 5.74) is 1.61. The Bertz CT molecular complexity index is 1050. The molecule has 3 aromatic rings. The van der Waals surface area contributed by atoms with E-state index in [1.807, 2.05) is 37.3 Å². The summed E-state index contributed by atoms with van der Waals surface area (Å²) in [6, 6.07) is 11.4. The van der Waals surface area contributed by atoms with Crippen molar-refractivity contribution in [3.05, 3.63) is 58.0 Å². The quantitative estimate of drug-likeness (QED) is 0.732. The van der Waals surface area contributed by atoms with Crippen LogP contribution in [-0.4, -0.2) is 33.6 Å². The fourth-order valence-electron chi connectivity index (χ4n) is 3.56. The highest BCUT2D eigenvalue weighted by atomic mass is 32.1. The van der Waals surface area contributed by atoms with Gasteiger partial charge in [-0.3, -0.25) is 9.59 Å². The van der Waals surface area contributed by atoms with E-state index < -0.39 is 0 Å². The van der Waals surface area contributed by atoms with E-state index in [0.717, 1.165) is 30.1 Å². The lowest BCUT2D eigenvalue weighted by molar-refractivity contribution is -0.125. The number of hydrogen-bond acceptors (Lipinski definition) is 6. The standard InChI is InChI=1S/C20H23N5O2S/c1-13-11-17(26)25-19(21-13)28-20(23-25)24-10-6-9-16(12-24)18(27)22-14(2)15-7-4-3-5-8-15/h3-5,7-8,11,14,16H,6,9-10,12H2,1-2H3,(H,22,27)/t14-,16+/m1/s1. The number of rotatable bonds is 4. The minimum absolute atomic E-state index is 0.0303. The number of nitrogens with one attached hydrogen (secondary N) is 1. The molecule has 2 atom stereocenters. The van der Waals surface area contributed by atoms with Crippen molar-refractivity contribution in [2.24, 2.45) is 5.92 Å². The average molecular weight is 398 g/mol. The van der Waals surface area contributed by atoms with Crippen LogP contribution in [0.3, 0.4) is 0 Å². The predicted molar refractivity (Wildman–Crippen MR) is 110 cm³/mol. The number of benzene rings is 1. The number of piperidine rings is 1. The van der Waals surface area contributed by atoms with Crippen molar-refractivity contribution in [1.82, 2.24) is 19.9 Å². The van der Waals surface area contributed by atoms with E-state index in [-0.39, 0.29) is 23.4 Å². The zero-order valence-corrected chi connectivity index (χ0v) is 16.8. The van der Waals surface area contributed by atoms with Crippen molar-refractivity contribution in [2.75, 3.05) is 18.0 Å². The number of carbonyl (C=O) groups excluding carboxylic acids is 1. The average Bonchev–Trinajstić information content (AvgIpc) is 3.13. The molecule has 1 saturated heterocycles. The van der Waals surface area contributed by atoms with Crippen molar-refractivity contribution in [3.8, 4) is 0 Å². The zero-order chi connectivity index (χ0) is 19.7. The van der Waals surface area contributed by atoms with Crippen molar-refractivity contribution in [3.63, 3.8) is 0 Å². The first kappa shape index (κ1) is 18.6. The number of nitrogens with zero attached hydrogens (tertiary/aromatic N) is 4. The topological polar surface area (TPSA) is 79.6 Å². The van der Waals surface area contributed by atoms with Gasteiger partial charge in [-0.2, -0.15) is 4.52 Å². The molecule has 146 valence electrons. The molecule has 0 saturated carbocycles. The second kappa shape index (κ2) is 7.71. The molecule has 1 aromatic carbocycles. The number of hydrogen-bond donors (Lipinski definition) is 1. The second-order valence-corrected chi connectivity index (χ2v) is 8.18. The maximum Gasteiger partial charge on any atom is 0.275 e. The SMILES string of the molecule is Cc1cc(=O)n2nc(N3CCC[C@H](C(=O)N[C@H](C)c4ccccc4)C3)sc2n1. The third-order valence-electron chi connectivity index (χ3n) is 5.08. The first-order valence-electron chi connectivity index (χ1n) is 9.49. The van der Waals surface area contributed by atoms with E-state index in [0.29, 0.717) is 17.2 Å². The van der Waals surface area contributed by atoms with Gasteiger partial charge in [-0.1, -0.05) is 41.7 Å². The molecule has 0 radical (unpaired) electrons. The van der Waals surface area contributed by atoms with Crippen LogP contribution in [0.15, 0.2) is 41.2 Å². The van der Waals surface area contributed by atoms with E-state index in [9.17, 15) is 9.59 Å². The molecule has 1 aliphatic heterocycles. The van der Waals surface area contributed by atoms with Gasteiger partial charge in [0, 0.05) is 24.8 Å². The lowest BCUT2D eigenvalue weighted by Gasteiger charge is -2.32. The summed E-state index contributed by atoms with van der Waals surface area (Å²) >= 11 is 1.39. The first-order chi connectivity index (χ1) is 13.5. The number of anilines is 1. The third kappa shape index (κ3) is 3.77. The van der Waals surface area contributed by atoms with Crippen LogP contribution in [0.4, 0.5) is 5.13 Å². The largest absolute Gasteiger partial charge is 0.349 e. The van der Waals surface area contributed by atoms with Crippen LogP contribution < -0.4 is 15.8 Å². The van der Waals surface area contributed by atoms with Gasteiger partial charge in [0.25, 0.3) is 5.56 Å². The predicted octanol–water partition coefficient (Wildman–Crippen LogP) is 2.55. The van der Waals surface area contributed by atoms with Gasteiger partial charge in [0.15, 0.2) is 0 Å². The molecule has 8 heteroatoms. The van der Waals surface area contributed by atoms with Gasteiger partial charge in [0.05, 0.1) is 12.0 Å². The molecule has 3 heterocycles. The smallest absolute Gasteiger partial charge is 0.275 e. The Morgan fingerprint density at radius 3 is 2.89 bits per heavy atom. The Balaban J connectivity index is 1.48. The second-order valence-electron chi connectivity index (χ2n) is 7.24. The highest BCUT2D eigenvalue weighted by molar-refractivity contribution is 7.20. The van der Waals surface area contributed by atoms with E-state index in [1.165, 1.54) is 21.9 Å². The normalized spacial score (nSPS) is 18.2. The number of fused-ring (bicyclic) bond motifs is 1. The maximum absolute atomic E-state index is 12.8. The Morgan fingerprint density at radius 2 is 2.11 bits per heavy atom. The summed E-state index contributed by atoms with van der Waals surface area (Å²) in [7, 11) is 0. The minimum Gasteiger partial charge on any atom is -0.349 e. The maximum atomic E-state index is 12.8.